The molecule has 2 aromatic rings. The van der Waals surface area contributed by atoms with E-state index in [1.54, 1.807) is 17.4 Å². The molecule has 1 aromatic carbocycles. The molecule has 0 saturated heterocycles. The summed E-state index contributed by atoms with van der Waals surface area (Å²) >= 11 is 1.55. The van der Waals surface area contributed by atoms with Crippen LogP contribution in [0.3, 0.4) is 0 Å². The summed E-state index contributed by atoms with van der Waals surface area (Å²) in [5.74, 6) is -0.772. The van der Waals surface area contributed by atoms with Gasteiger partial charge in [0.2, 0.25) is 5.70 Å². The number of amidine groups is 1. The number of carbonyl (C=O) groups is 1. The van der Waals surface area contributed by atoms with Crippen LogP contribution in [0, 0.1) is 11.5 Å². The molecule has 4 rings (SSSR count). The number of carboxylic acid groups (broad SMARTS) is 1. The van der Waals surface area contributed by atoms with Crippen LogP contribution in [0.25, 0.3) is 6.08 Å². The van der Waals surface area contributed by atoms with Gasteiger partial charge in [-0.15, -0.1) is 21.1 Å². The molecule has 0 amide bonds. The molecule has 6 nitrogen and oxygen atoms in total. The summed E-state index contributed by atoms with van der Waals surface area (Å²) in [6, 6.07) is 9.54. The van der Waals surface area contributed by atoms with Gasteiger partial charge in [-0.3, -0.25) is 0 Å². The first-order chi connectivity index (χ1) is 11.6. The summed E-state index contributed by atoms with van der Waals surface area (Å²) in [7, 11) is 0. The zero-order valence-corrected chi connectivity index (χ0v) is 13.1. The van der Waals surface area contributed by atoms with Crippen molar-refractivity contribution in [1.29, 1.82) is 5.26 Å². The number of thiophene rings is 1. The normalized spacial score (nSPS) is 20.5. The second kappa shape index (κ2) is 5.16. The molecule has 116 valence electrons. The summed E-state index contributed by atoms with van der Waals surface area (Å²) < 4.78 is -0.373. The average molecular weight is 335 g/mol. The fourth-order valence-electron chi connectivity index (χ4n) is 2.88. The molecule has 0 radical (unpaired) electrons. The maximum Gasteiger partial charge on any atom is 0.360 e. The second-order valence-corrected chi connectivity index (χ2v) is 6.24. The molecule has 0 bridgehead atoms. The molecule has 0 aliphatic carbocycles. The zero-order valence-electron chi connectivity index (χ0n) is 12.3. The number of hydrogen-bond acceptors (Lipinski definition) is 5. The van der Waals surface area contributed by atoms with Crippen LogP contribution in [0.5, 0.6) is 0 Å². The monoisotopic (exact) mass is 335 g/mol. The van der Waals surface area contributed by atoms with Gasteiger partial charge in [-0.05, 0) is 35.7 Å². The van der Waals surface area contributed by atoms with Gasteiger partial charge < -0.3 is 10.4 Å². The van der Waals surface area contributed by atoms with Crippen LogP contribution in [0.2, 0.25) is 0 Å². The fourth-order valence-corrected chi connectivity index (χ4v) is 3.51. The lowest BCUT2D eigenvalue weighted by Crippen LogP contribution is -2.44. The molecule has 1 unspecified atom stereocenters. The number of hydrogen-bond donors (Lipinski definition) is 2. The van der Waals surface area contributed by atoms with Gasteiger partial charge >= 0.3 is 12.2 Å². The fraction of sp³-hybridized carbons (Fsp3) is 0. The number of aliphatic carboxylic acids is 1. The highest BCUT2D eigenvalue weighted by Crippen LogP contribution is 2.44. The molecule has 1 atom stereocenters. The molecular formula is C17H11N4O2S+. The van der Waals surface area contributed by atoms with Crippen molar-refractivity contribution in [3.63, 3.8) is 0 Å². The van der Waals surface area contributed by atoms with E-state index in [4.69, 9.17) is 0 Å². The van der Waals surface area contributed by atoms with Crippen molar-refractivity contribution in [3.8, 4) is 6.19 Å². The Hall–Kier alpha value is -3.21. The summed E-state index contributed by atoms with van der Waals surface area (Å²) in [5.41, 5.74) is 2.14. The first-order valence-electron chi connectivity index (χ1n) is 7.12. The van der Waals surface area contributed by atoms with E-state index in [0.717, 1.165) is 16.3 Å². The van der Waals surface area contributed by atoms with Crippen LogP contribution >= 0.6 is 11.3 Å². The van der Waals surface area contributed by atoms with Crippen molar-refractivity contribution in [2.45, 2.75) is 0 Å². The van der Waals surface area contributed by atoms with Gasteiger partial charge in [0.1, 0.15) is 5.69 Å². The van der Waals surface area contributed by atoms with Gasteiger partial charge in [0.05, 0.1) is 5.00 Å². The van der Waals surface area contributed by atoms with Crippen LogP contribution in [0.4, 0.5) is 16.4 Å². The molecule has 0 fully saturated rings. The van der Waals surface area contributed by atoms with E-state index in [2.05, 4.69) is 16.5 Å². The summed E-state index contributed by atoms with van der Waals surface area (Å²) in [6.07, 6.45) is 7.13. The van der Waals surface area contributed by atoms with Crippen molar-refractivity contribution in [2.24, 2.45) is 4.99 Å². The topological polar surface area (TPSA) is 85.5 Å². The van der Waals surface area contributed by atoms with E-state index < -0.39 is 5.97 Å². The predicted molar refractivity (Wildman–Crippen MR) is 93.6 cm³/mol. The van der Waals surface area contributed by atoms with Gasteiger partial charge in [0.15, 0.2) is 11.9 Å². The van der Waals surface area contributed by atoms with Crippen molar-refractivity contribution >= 4 is 45.6 Å². The van der Waals surface area contributed by atoms with Gasteiger partial charge in [-0.25, -0.2) is 4.79 Å². The number of nitriles is 1. The third-order valence-corrected chi connectivity index (χ3v) is 4.69. The number of para-hydroxylation sites is 1. The average Bonchev–Trinajstić information content (AvgIpc) is 3.22. The molecule has 3 heterocycles. The zero-order chi connectivity index (χ0) is 16.7. The van der Waals surface area contributed by atoms with Crippen LogP contribution in [0.15, 0.2) is 58.7 Å². The van der Waals surface area contributed by atoms with Crippen molar-refractivity contribution in [1.82, 2.24) is 4.48 Å². The van der Waals surface area contributed by atoms with Crippen LogP contribution in [0.1, 0.15) is 5.56 Å². The Labute approximate surface area is 141 Å². The Balaban J connectivity index is 1.94. The maximum atomic E-state index is 11.3. The molecule has 24 heavy (non-hydrogen) atoms. The number of rotatable bonds is 3. The van der Waals surface area contributed by atoms with Crippen molar-refractivity contribution < 1.29 is 9.90 Å². The number of nitrogens with one attached hydrogen (secondary N) is 1. The Morgan fingerprint density at radius 3 is 2.88 bits per heavy atom. The number of aliphatic imine (C=N–C) groups is 1. The standard InChI is InChI=1S/C17H10N4O2S/c18-10-21-9-13(17(22)23)19-14(21)7-6-11-3-1-4-12(16(11)21)20-15-5-2-8-24-15/h1-9,20H/p+1. The minimum Gasteiger partial charge on any atom is -0.476 e. The third kappa shape index (κ3) is 1.98. The summed E-state index contributed by atoms with van der Waals surface area (Å²) in [4.78, 5) is 15.4. The minimum atomic E-state index is -1.15. The molecule has 0 spiro atoms. The van der Waals surface area contributed by atoms with Gasteiger partial charge in [-0.1, -0.05) is 6.07 Å². The number of fused-ring (bicyclic) bond motifs is 3. The maximum absolute atomic E-state index is 11.3. The quantitative estimate of drug-likeness (QED) is 0.662. The van der Waals surface area contributed by atoms with E-state index in [-0.39, 0.29) is 10.2 Å². The second-order valence-electron chi connectivity index (χ2n) is 5.29. The van der Waals surface area contributed by atoms with E-state index in [9.17, 15) is 15.2 Å². The number of quaternary nitrogens is 1. The SMILES string of the molecule is N#C[N+]12C=C(C(=O)O)N=C1C=Cc1cccc(Nc3cccs3)c12. The van der Waals surface area contributed by atoms with Crippen molar-refractivity contribution in [3.05, 3.63) is 59.2 Å². The highest BCUT2D eigenvalue weighted by Gasteiger charge is 2.47. The third-order valence-electron chi connectivity index (χ3n) is 3.90. The highest BCUT2D eigenvalue weighted by molar-refractivity contribution is 7.14. The number of carboxylic acids is 1. The molecule has 1 aromatic heterocycles. The first kappa shape index (κ1) is 14.4. The number of nitrogens with zero attached hydrogens (tertiary/aromatic N) is 3. The molecule has 0 saturated carbocycles. The van der Waals surface area contributed by atoms with E-state index in [1.807, 2.05) is 41.8 Å². The predicted octanol–water partition coefficient (Wildman–Crippen LogP) is 3.64. The lowest BCUT2D eigenvalue weighted by molar-refractivity contribution is -0.132. The highest BCUT2D eigenvalue weighted by atomic mass is 32.1. The van der Waals surface area contributed by atoms with E-state index >= 15 is 0 Å². The molecule has 2 aliphatic heterocycles. The Morgan fingerprint density at radius 1 is 1.29 bits per heavy atom. The van der Waals surface area contributed by atoms with E-state index in [1.165, 1.54) is 6.20 Å². The smallest absolute Gasteiger partial charge is 0.360 e. The molecule has 2 aliphatic rings. The Morgan fingerprint density at radius 2 is 2.17 bits per heavy atom. The van der Waals surface area contributed by atoms with Crippen LogP contribution in [-0.2, 0) is 4.79 Å². The number of anilines is 2. The Kier molecular flexibility index (Phi) is 3.09. The van der Waals surface area contributed by atoms with E-state index in [0.29, 0.717) is 11.5 Å². The molecule has 2 N–H and O–H groups in total. The van der Waals surface area contributed by atoms with Crippen LogP contribution < -0.4 is 9.80 Å². The molecule has 7 heteroatoms. The van der Waals surface area contributed by atoms with Gasteiger partial charge in [0.25, 0.3) is 5.84 Å². The lowest BCUT2D eigenvalue weighted by Gasteiger charge is -2.27. The van der Waals surface area contributed by atoms with Crippen molar-refractivity contribution in [2.75, 3.05) is 5.32 Å². The lowest BCUT2D eigenvalue weighted by atomic mass is 10.0. The Bertz CT molecular complexity index is 983. The number of benzene rings is 1. The first-order valence-corrected chi connectivity index (χ1v) is 8.00. The van der Waals surface area contributed by atoms with Gasteiger partial charge in [0, 0.05) is 11.6 Å². The van der Waals surface area contributed by atoms with Gasteiger partial charge in [-0.2, -0.15) is 4.99 Å². The minimum absolute atomic E-state index is 0.130. The van der Waals surface area contributed by atoms with Crippen LogP contribution in [-0.4, -0.2) is 16.9 Å². The summed E-state index contributed by atoms with van der Waals surface area (Å²) in [5, 5.41) is 25.4. The summed E-state index contributed by atoms with van der Waals surface area (Å²) in [6.45, 7) is 0. The largest absolute Gasteiger partial charge is 0.476 e. The molecular weight excluding hydrogens is 324 g/mol.